The van der Waals surface area contributed by atoms with Crippen molar-refractivity contribution in [2.75, 3.05) is 19.7 Å². The molecule has 0 radical (unpaired) electrons. The number of nitrogens with zero attached hydrogens (tertiary/aromatic N) is 3. The summed E-state index contributed by atoms with van der Waals surface area (Å²) < 4.78 is 8.59. The van der Waals surface area contributed by atoms with Crippen molar-refractivity contribution >= 4 is 15.9 Å². The number of ether oxygens (including phenoxy) is 1. The van der Waals surface area contributed by atoms with Crippen LogP contribution in [-0.4, -0.2) is 34.5 Å². The predicted molar refractivity (Wildman–Crippen MR) is 77.2 cm³/mol. The smallest absolute Gasteiger partial charge is 0.133 e. The Morgan fingerprint density at radius 1 is 1.26 bits per heavy atom. The molecule has 0 amide bonds. The number of aryl methyl sites for hydroxylation is 1. The van der Waals surface area contributed by atoms with Gasteiger partial charge in [0.25, 0.3) is 0 Å². The molecule has 0 fully saturated rings. The Morgan fingerprint density at radius 2 is 2.05 bits per heavy atom. The lowest BCUT2D eigenvalue weighted by Crippen LogP contribution is -2.24. The molecule has 0 aliphatic heterocycles. The van der Waals surface area contributed by atoms with Crippen molar-refractivity contribution in [3.8, 4) is 5.75 Å². The third-order valence-corrected chi connectivity index (χ3v) is 3.22. The summed E-state index contributed by atoms with van der Waals surface area (Å²) in [7, 11) is 1.95. The molecule has 6 heteroatoms. The normalized spacial score (nSPS) is 10.6. The molecule has 0 atom stereocenters. The van der Waals surface area contributed by atoms with Gasteiger partial charge >= 0.3 is 0 Å². The number of hydrogen-bond donors (Lipinski definition) is 1. The van der Waals surface area contributed by atoms with Gasteiger partial charge < -0.3 is 14.6 Å². The molecule has 1 aromatic heterocycles. The highest BCUT2D eigenvalue weighted by Gasteiger charge is 1.99. The van der Waals surface area contributed by atoms with Gasteiger partial charge in [-0.1, -0.05) is 15.9 Å². The summed E-state index contributed by atoms with van der Waals surface area (Å²) in [5.41, 5.74) is 0. The lowest BCUT2D eigenvalue weighted by atomic mass is 10.3. The van der Waals surface area contributed by atoms with Crippen LogP contribution in [0.15, 0.2) is 35.1 Å². The zero-order valence-electron chi connectivity index (χ0n) is 10.8. The van der Waals surface area contributed by atoms with Crippen molar-refractivity contribution in [1.29, 1.82) is 0 Å². The van der Waals surface area contributed by atoms with Crippen molar-refractivity contribution < 1.29 is 4.74 Å². The molecular weight excluding hydrogens is 308 g/mol. The molecule has 19 heavy (non-hydrogen) atoms. The lowest BCUT2D eigenvalue weighted by Gasteiger charge is -2.07. The van der Waals surface area contributed by atoms with Crippen LogP contribution in [0.2, 0.25) is 0 Å². The molecule has 0 aliphatic carbocycles. The second-order valence-corrected chi connectivity index (χ2v) is 5.08. The van der Waals surface area contributed by atoms with Crippen LogP contribution in [0.4, 0.5) is 0 Å². The summed E-state index contributed by atoms with van der Waals surface area (Å²) in [5.74, 6) is 1.87. The first-order valence-corrected chi connectivity index (χ1v) is 6.97. The van der Waals surface area contributed by atoms with Crippen LogP contribution in [0.1, 0.15) is 5.82 Å². The molecule has 1 N–H and O–H groups in total. The van der Waals surface area contributed by atoms with Gasteiger partial charge in [0, 0.05) is 31.0 Å². The zero-order chi connectivity index (χ0) is 13.5. The van der Waals surface area contributed by atoms with Crippen molar-refractivity contribution in [2.45, 2.75) is 6.42 Å². The second kappa shape index (κ2) is 7.25. The van der Waals surface area contributed by atoms with Crippen LogP contribution in [0, 0.1) is 0 Å². The van der Waals surface area contributed by atoms with E-state index in [1.807, 2.05) is 35.9 Å². The Balaban J connectivity index is 1.57. The van der Waals surface area contributed by atoms with Gasteiger partial charge in [-0.05, 0) is 24.3 Å². The molecule has 2 aromatic rings. The number of nitrogens with one attached hydrogen (secondary N) is 1. The van der Waals surface area contributed by atoms with E-state index in [-0.39, 0.29) is 0 Å². The average Bonchev–Trinajstić information content (AvgIpc) is 2.81. The Morgan fingerprint density at radius 3 is 2.74 bits per heavy atom. The summed E-state index contributed by atoms with van der Waals surface area (Å²) in [4.78, 5) is 0. The third kappa shape index (κ3) is 4.65. The van der Waals surface area contributed by atoms with Crippen molar-refractivity contribution in [1.82, 2.24) is 20.1 Å². The number of benzene rings is 1. The second-order valence-electron chi connectivity index (χ2n) is 4.16. The Hall–Kier alpha value is -1.40. The van der Waals surface area contributed by atoms with Gasteiger partial charge in [-0.3, -0.25) is 0 Å². The fourth-order valence-electron chi connectivity index (χ4n) is 1.63. The van der Waals surface area contributed by atoms with E-state index >= 15 is 0 Å². The minimum atomic E-state index is 0.653. The summed E-state index contributed by atoms with van der Waals surface area (Å²) in [6, 6.07) is 7.83. The minimum Gasteiger partial charge on any atom is -0.492 e. The number of hydrogen-bond acceptors (Lipinski definition) is 4. The van der Waals surface area contributed by atoms with Gasteiger partial charge in [0.05, 0.1) is 0 Å². The van der Waals surface area contributed by atoms with E-state index in [0.29, 0.717) is 6.61 Å². The van der Waals surface area contributed by atoms with Gasteiger partial charge in [-0.25, -0.2) is 0 Å². The quantitative estimate of drug-likeness (QED) is 0.789. The monoisotopic (exact) mass is 324 g/mol. The molecule has 0 aliphatic rings. The van der Waals surface area contributed by atoms with Gasteiger partial charge in [0.2, 0.25) is 0 Å². The van der Waals surface area contributed by atoms with Gasteiger partial charge in [-0.2, -0.15) is 0 Å². The Kier molecular flexibility index (Phi) is 5.35. The number of rotatable bonds is 7. The van der Waals surface area contributed by atoms with E-state index in [2.05, 4.69) is 31.4 Å². The third-order valence-electron chi connectivity index (χ3n) is 2.69. The molecule has 1 heterocycles. The highest BCUT2D eigenvalue weighted by atomic mass is 79.9. The van der Waals surface area contributed by atoms with Gasteiger partial charge in [-0.15, -0.1) is 10.2 Å². The number of aromatic nitrogens is 3. The highest BCUT2D eigenvalue weighted by Crippen LogP contribution is 2.15. The average molecular weight is 325 g/mol. The molecular formula is C13H17BrN4O. The van der Waals surface area contributed by atoms with Crippen LogP contribution in [0.3, 0.4) is 0 Å². The van der Waals surface area contributed by atoms with Crippen molar-refractivity contribution in [3.63, 3.8) is 0 Å². The molecule has 0 spiro atoms. The van der Waals surface area contributed by atoms with E-state index < -0.39 is 0 Å². The SMILES string of the molecule is Cn1cnnc1CCNCCOc1ccc(Br)cc1. The van der Waals surface area contributed by atoms with Crippen molar-refractivity contribution in [3.05, 3.63) is 40.9 Å². The van der Waals surface area contributed by atoms with Crippen LogP contribution in [-0.2, 0) is 13.5 Å². The highest BCUT2D eigenvalue weighted by molar-refractivity contribution is 9.10. The minimum absolute atomic E-state index is 0.653. The maximum Gasteiger partial charge on any atom is 0.133 e. The van der Waals surface area contributed by atoms with Gasteiger partial charge in [0.15, 0.2) is 0 Å². The van der Waals surface area contributed by atoms with E-state index in [4.69, 9.17) is 4.74 Å². The molecule has 2 rings (SSSR count). The maximum atomic E-state index is 5.61. The fraction of sp³-hybridized carbons (Fsp3) is 0.385. The standard InChI is InChI=1S/C13H17BrN4O/c1-18-10-16-17-13(18)6-7-15-8-9-19-12-4-2-11(14)3-5-12/h2-5,10,15H,6-9H2,1H3. The lowest BCUT2D eigenvalue weighted by molar-refractivity contribution is 0.314. The molecule has 0 bridgehead atoms. The Bertz CT molecular complexity index is 498. The van der Waals surface area contributed by atoms with Crippen LogP contribution < -0.4 is 10.1 Å². The fourth-order valence-corrected chi connectivity index (χ4v) is 1.89. The predicted octanol–water partition coefficient (Wildman–Crippen LogP) is 1.79. The molecule has 0 saturated heterocycles. The van der Waals surface area contributed by atoms with E-state index in [9.17, 15) is 0 Å². The van der Waals surface area contributed by atoms with Crippen LogP contribution in [0.25, 0.3) is 0 Å². The van der Waals surface area contributed by atoms with Crippen LogP contribution >= 0.6 is 15.9 Å². The van der Waals surface area contributed by atoms with Gasteiger partial charge in [0.1, 0.15) is 24.5 Å². The van der Waals surface area contributed by atoms with E-state index in [1.54, 1.807) is 6.33 Å². The van der Waals surface area contributed by atoms with E-state index in [0.717, 1.165) is 35.6 Å². The molecule has 1 aromatic carbocycles. The largest absolute Gasteiger partial charge is 0.492 e. The Labute approximate surface area is 121 Å². The molecule has 0 unspecified atom stereocenters. The maximum absolute atomic E-state index is 5.61. The first-order chi connectivity index (χ1) is 9.25. The zero-order valence-corrected chi connectivity index (χ0v) is 12.4. The van der Waals surface area contributed by atoms with Crippen LogP contribution in [0.5, 0.6) is 5.75 Å². The van der Waals surface area contributed by atoms with Crippen molar-refractivity contribution in [2.24, 2.45) is 7.05 Å². The van der Waals surface area contributed by atoms with E-state index in [1.165, 1.54) is 0 Å². The molecule has 0 saturated carbocycles. The topological polar surface area (TPSA) is 52.0 Å². The summed E-state index contributed by atoms with van der Waals surface area (Å²) >= 11 is 3.39. The first-order valence-electron chi connectivity index (χ1n) is 6.17. The summed E-state index contributed by atoms with van der Waals surface area (Å²) in [6.45, 7) is 2.34. The molecule has 102 valence electrons. The molecule has 5 nitrogen and oxygen atoms in total. The first kappa shape index (κ1) is 14.0. The summed E-state index contributed by atoms with van der Waals surface area (Å²) in [6.07, 6.45) is 2.58. The number of halogens is 1. The summed E-state index contributed by atoms with van der Waals surface area (Å²) in [5, 5.41) is 11.2.